The summed E-state index contributed by atoms with van der Waals surface area (Å²) in [5, 5.41) is 0. The number of Topliss-reactive ketones (excluding diaryl/α,β-unsaturated/α-hetero) is 2. The summed E-state index contributed by atoms with van der Waals surface area (Å²) in [6.07, 6.45) is 11.4. The minimum absolute atomic E-state index is 0.0176. The standard InChI is InChI=1S/2C16H24Br2O/c2*1-13(2)6-5-7-14(3)8-9-15(4)11(16(15,17)18)10(13)12(14)19/h2*10-11H,5-9H2,1-4H3/t2*10-,11-,14+,15+/m00/s1. The van der Waals surface area contributed by atoms with Crippen molar-refractivity contribution in [3.05, 3.63) is 0 Å². The Balaban J connectivity index is 0.000000155. The highest BCUT2D eigenvalue weighted by atomic mass is 79.9. The molecule has 0 aliphatic heterocycles. The average molecular weight is 784 g/mol. The fourth-order valence-electron chi connectivity index (χ4n) is 9.69. The molecule has 2 nitrogen and oxygen atoms in total. The molecule has 6 aliphatic rings. The first-order valence-corrected chi connectivity index (χ1v) is 18.1. The van der Waals surface area contributed by atoms with Crippen LogP contribution in [-0.4, -0.2) is 18.0 Å². The fraction of sp³-hybridized carbons (Fsp3) is 0.938. The number of carbonyl (C=O) groups excluding carboxylic acids is 2. The molecule has 6 heteroatoms. The van der Waals surface area contributed by atoms with E-state index in [2.05, 4.69) is 119 Å². The van der Waals surface area contributed by atoms with Crippen LogP contribution in [0.5, 0.6) is 0 Å². The van der Waals surface area contributed by atoms with Gasteiger partial charge in [-0.15, -0.1) is 0 Å². The minimum atomic E-state index is -0.0645. The topological polar surface area (TPSA) is 34.1 Å². The summed E-state index contributed by atoms with van der Waals surface area (Å²) >= 11 is 15.5. The smallest absolute Gasteiger partial charge is 0.142 e. The lowest BCUT2D eigenvalue weighted by Crippen LogP contribution is -2.39. The number of rotatable bonds is 0. The third-order valence-corrected chi connectivity index (χ3v) is 18.7. The van der Waals surface area contributed by atoms with E-state index in [0.717, 1.165) is 38.5 Å². The summed E-state index contributed by atoms with van der Waals surface area (Å²) < 4.78 is -0.0352. The molecule has 0 unspecified atom stereocenters. The second-order valence-corrected chi connectivity index (χ2v) is 23.7. The highest BCUT2D eigenvalue weighted by Crippen LogP contribution is 2.81. The first-order valence-electron chi connectivity index (χ1n) is 15.0. The molecule has 0 amide bonds. The second kappa shape index (κ2) is 8.90. The molecule has 6 aliphatic carbocycles. The zero-order chi connectivity index (χ0) is 28.5. The summed E-state index contributed by atoms with van der Waals surface area (Å²) in [4.78, 5) is 26.4. The van der Waals surface area contributed by atoms with E-state index in [1.807, 2.05) is 0 Å². The molecule has 6 saturated carbocycles. The zero-order valence-corrected chi connectivity index (χ0v) is 31.1. The van der Waals surface area contributed by atoms with Crippen LogP contribution in [0.4, 0.5) is 0 Å². The number of hydrogen-bond acceptors (Lipinski definition) is 2. The van der Waals surface area contributed by atoms with Crippen molar-refractivity contribution in [1.82, 2.24) is 0 Å². The molecule has 6 rings (SSSR count). The van der Waals surface area contributed by atoms with Gasteiger partial charge in [0.2, 0.25) is 0 Å². The number of fused-ring (bicyclic) bond motifs is 8. The largest absolute Gasteiger partial charge is 0.299 e. The van der Waals surface area contributed by atoms with Crippen molar-refractivity contribution in [2.24, 2.45) is 56.2 Å². The van der Waals surface area contributed by atoms with Crippen LogP contribution in [0.25, 0.3) is 0 Å². The van der Waals surface area contributed by atoms with Gasteiger partial charge in [0.25, 0.3) is 0 Å². The van der Waals surface area contributed by atoms with E-state index in [4.69, 9.17) is 0 Å². The van der Waals surface area contributed by atoms with Crippen LogP contribution in [0.3, 0.4) is 0 Å². The minimum Gasteiger partial charge on any atom is -0.299 e. The third kappa shape index (κ3) is 4.10. The Labute approximate surface area is 265 Å². The van der Waals surface area contributed by atoms with Crippen LogP contribution >= 0.6 is 63.7 Å². The molecule has 6 fully saturated rings. The molecule has 0 aromatic rings. The van der Waals surface area contributed by atoms with Crippen LogP contribution in [0.15, 0.2) is 0 Å². The Morgan fingerprint density at radius 1 is 0.500 bits per heavy atom. The van der Waals surface area contributed by atoms with E-state index in [-0.39, 0.29) is 50.8 Å². The Hall–Kier alpha value is 1.26. The maximum absolute atomic E-state index is 13.2. The molecule has 8 atom stereocenters. The van der Waals surface area contributed by atoms with Crippen LogP contribution < -0.4 is 0 Å². The third-order valence-electron chi connectivity index (χ3n) is 13.1. The van der Waals surface area contributed by atoms with Gasteiger partial charge in [0.15, 0.2) is 0 Å². The zero-order valence-electron chi connectivity index (χ0n) is 24.7. The molecule has 0 aromatic heterocycles. The van der Waals surface area contributed by atoms with Crippen molar-refractivity contribution in [3.8, 4) is 0 Å². The number of hydrogen-bond donors (Lipinski definition) is 0. The summed E-state index contributed by atoms with van der Waals surface area (Å²) in [5.74, 6) is 2.39. The molecule has 0 heterocycles. The molecular weight excluding hydrogens is 736 g/mol. The van der Waals surface area contributed by atoms with Gasteiger partial charge in [-0.2, -0.15) is 0 Å². The van der Waals surface area contributed by atoms with Crippen LogP contribution in [0.1, 0.15) is 120 Å². The van der Waals surface area contributed by atoms with Crippen molar-refractivity contribution in [1.29, 1.82) is 0 Å². The van der Waals surface area contributed by atoms with Gasteiger partial charge in [-0.25, -0.2) is 0 Å². The number of carbonyl (C=O) groups is 2. The van der Waals surface area contributed by atoms with Crippen molar-refractivity contribution >= 4 is 75.3 Å². The molecule has 0 aromatic carbocycles. The van der Waals surface area contributed by atoms with Crippen molar-refractivity contribution in [3.63, 3.8) is 0 Å². The lowest BCUT2D eigenvalue weighted by Gasteiger charge is -2.35. The Morgan fingerprint density at radius 2 is 0.816 bits per heavy atom. The second-order valence-electron chi connectivity index (χ2n) is 16.5. The van der Waals surface area contributed by atoms with E-state index in [1.54, 1.807) is 0 Å². The molecule has 0 radical (unpaired) electrons. The van der Waals surface area contributed by atoms with E-state index in [9.17, 15) is 9.59 Å². The van der Waals surface area contributed by atoms with Crippen molar-refractivity contribution in [2.75, 3.05) is 0 Å². The lowest BCUT2D eigenvalue weighted by molar-refractivity contribution is -0.136. The molecule has 0 spiro atoms. The number of ketones is 2. The van der Waals surface area contributed by atoms with Gasteiger partial charge in [-0.3, -0.25) is 9.59 Å². The Kier molecular flexibility index (Phi) is 7.19. The van der Waals surface area contributed by atoms with Gasteiger partial charge in [0, 0.05) is 34.5 Å². The predicted octanol–water partition coefficient (Wildman–Crippen LogP) is 10.6. The van der Waals surface area contributed by atoms with Gasteiger partial charge in [-0.1, -0.05) is 132 Å². The number of alkyl halides is 4. The van der Waals surface area contributed by atoms with E-state index in [0.29, 0.717) is 23.4 Å². The van der Waals surface area contributed by atoms with Crippen LogP contribution in [0, 0.1) is 56.2 Å². The summed E-state index contributed by atoms with van der Waals surface area (Å²) in [5.41, 5.74) is 0.609. The molecule has 38 heavy (non-hydrogen) atoms. The Bertz CT molecular complexity index is 966. The molecule has 216 valence electrons. The average Bonchev–Trinajstić information content (AvgIpc) is 3.50. The van der Waals surface area contributed by atoms with Crippen molar-refractivity contribution < 1.29 is 9.59 Å². The number of halogens is 4. The van der Waals surface area contributed by atoms with Gasteiger partial charge in [-0.05, 0) is 73.0 Å². The molecule has 0 saturated heterocycles. The highest BCUT2D eigenvalue weighted by molar-refractivity contribution is 9.26. The molecule has 4 bridgehead atoms. The highest BCUT2D eigenvalue weighted by Gasteiger charge is 2.79. The van der Waals surface area contributed by atoms with E-state index >= 15 is 0 Å². The summed E-state index contributed by atoms with van der Waals surface area (Å²) in [6.45, 7) is 18.4. The lowest BCUT2D eigenvalue weighted by atomic mass is 9.68. The van der Waals surface area contributed by atoms with Crippen LogP contribution in [-0.2, 0) is 9.59 Å². The predicted molar refractivity (Wildman–Crippen MR) is 171 cm³/mol. The quantitative estimate of drug-likeness (QED) is 0.229. The summed E-state index contributed by atoms with van der Waals surface area (Å²) in [6, 6.07) is 0. The maximum Gasteiger partial charge on any atom is 0.142 e. The SMILES string of the molecule is CC1(C)CCC[C@]2(C)CC[C@]3(C)[C@H]([C@H]1C2=O)C3(Br)Br.CC1(C)CCC[C@]2(C)CC[C@]3(C)[C@H]([C@H]1C2=O)C3(Br)Br. The van der Waals surface area contributed by atoms with Gasteiger partial charge >= 0.3 is 0 Å². The van der Waals surface area contributed by atoms with Crippen molar-refractivity contribution in [2.45, 2.75) is 126 Å². The maximum atomic E-state index is 13.2. The van der Waals surface area contributed by atoms with E-state index in [1.165, 1.54) is 25.7 Å². The van der Waals surface area contributed by atoms with E-state index < -0.39 is 0 Å². The van der Waals surface area contributed by atoms with Gasteiger partial charge in [0.05, 0.1) is 6.47 Å². The molecular formula is C32H48Br4O2. The summed E-state index contributed by atoms with van der Waals surface area (Å²) in [7, 11) is 0. The molecule has 0 N–H and O–H groups in total. The first-order chi connectivity index (χ1) is 17.1. The van der Waals surface area contributed by atoms with Crippen LogP contribution in [0.2, 0.25) is 0 Å². The van der Waals surface area contributed by atoms with Gasteiger partial charge < -0.3 is 0 Å². The monoisotopic (exact) mass is 780 g/mol. The first kappa shape index (κ1) is 30.7. The normalized spacial score (nSPS) is 50.9. The Morgan fingerprint density at radius 3 is 1.13 bits per heavy atom. The van der Waals surface area contributed by atoms with Gasteiger partial charge in [0.1, 0.15) is 11.6 Å². The fourth-order valence-corrected chi connectivity index (χ4v) is 14.1.